The lowest BCUT2D eigenvalue weighted by atomic mass is 10.1. The second kappa shape index (κ2) is 6.52. The third kappa shape index (κ3) is 4.89. The molecular formula is C13H17ClO. The number of para-hydroxylation sites is 1. The summed E-state index contributed by atoms with van der Waals surface area (Å²) in [5.74, 6) is 1.44. The van der Waals surface area contributed by atoms with E-state index in [0.717, 1.165) is 12.2 Å². The van der Waals surface area contributed by atoms with E-state index in [9.17, 15) is 0 Å². The second-order valence-electron chi connectivity index (χ2n) is 3.84. The van der Waals surface area contributed by atoms with Crippen molar-refractivity contribution in [2.24, 2.45) is 5.92 Å². The standard InChI is InChI=1S/C13H17ClO/c1-11(2)7-5-6-10-15-13-9-4-3-8-12(13)14/h3-6,8-9,11H,7,10H2,1-2H3/b6-5+. The highest BCUT2D eigenvalue weighted by molar-refractivity contribution is 6.32. The number of rotatable bonds is 5. The fraction of sp³-hybridized carbons (Fsp3) is 0.385. The van der Waals surface area contributed by atoms with Crippen LogP contribution in [0.1, 0.15) is 20.3 Å². The summed E-state index contributed by atoms with van der Waals surface area (Å²) < 4.78 is 5.50. The van der Waals surface area contributed by atoms with E-state index in [1.165, 1.54) is 0 Å². The van der Waals surface area contributed by atoms with Crippen LogP contribution in [0.4, 0.5) is 0 Å². The van der Waals surface area contributed by atoms with Gasteiger partial charge < -0.3 is 4.74 Å². The minimum absolute atomic E-state index is 0.580. The van der Waals surface area contributed by atoms with Gasteiger partial charge in [0.1, 0.15) is 12.4 Å². The quantitative estimate of drug-likeness (QED) is 0.677. The van der Waals surface area contributed by atoms with E-state index in [-0.39, 0.29) is 0 Å². The molecule has 0 aliphatic heterocycles. The van der Waals surface area contributed by atoms with Gasteiger partial charge in [-0.1, -0.05) is 49.7 Å². The lowest BCUT2D eigenvalue weighted by Crippen LogP contribution is -1.94. The van der Waals surface area contributed by atoms with Crippen LogP contribution in [0.5, 0.6) is 5.75 Å². The van der Waals surface area contributed by atoms with Crippen LogP contribution in [0, 0.1) is 5.92 Å². The van der Waals surface area contributed by atoms with Crippen molar-refractivity contribution in [3.8, 4) is 5.75 Å². The molecule has 1 aromatic carbocycles. The first-order valence-corrected chi connectivity index (χ1v) is 5.60. The molecule has 1 nitrogen and oxygen atoms in total. The maximum absolute atomic E-state index is 5.94. The highest BCUT2D eigenvalue weighted by Gasteiger charge is 1.96. The first kappa shape index (κ1) is 12.1. The number of halogens is 1. The van der Waals surface area contributed by atoms with Crippen LogP contribution in [-0.2, 0) is 0 Å². The third-order valence-electron chi connectivity index (χ3n) is 1.95. The van der Waals surface area contributed by atoms with Gasteiger partial charge in [-0.05, 0) is 24.5 Å². The van der Waals surface area contributed by atoms with Gasteiger partial charge in [0.05, 0.1) is 5.02 Å². The van der Waals surface area contributed by atoms with Crippen molar-refractivity contribution in [1.29, 1.82) is 0 Å². The Labute approximate surface area is 96.7 Å². The second-order valence-corrected chi connectivity index (χ2v) is 4.25. The molecule has 0 radical (unpaired) electrons. The van der Waals surface area contributed by atoms with Gasteiger partial charge in [0.15, 0.2) is 0 Å². The smallest absolute Gasteiger partial charge is 0.138 e. The Morgan fingerprint density at radius 1 is 1.27 bits per heavy atom. The van der Waals surface area contributed by atoms with Crippen LogP contribution in [0.15, 0.2) is 36.4 Å². The molecule has 0 saturated carbocycles. The van der Waals surface area contributed by atoms with E-state index in [1.54, 1.807) is 0 Å². The fourth-order valence-corrected chi connectivity index (χ4v) is 1.33. The molecule has 1 aromatic rings. The SMILES string of the molecule is CC(C)C/C=C/COc1ccccc1Cl. The van der Waals surface area contributed by atoms with Gasteiger partial charge in [-0.2, -0.15) is 0 Å². The van der Waals surface area contributed by atoms with Gasteiger partial charge in [0.2, 0.25) is 0 Å². The van der Waals surface area contributed by atoms with Crippen LogP contribution in [-0.4, -0.2) is 6.61 Å². The average molecular weight is 225 g/mol. The average Bonchev–Trinajstić information content (AvgIpc) is 2.20. The van der Waals surface area contributed by atoms with E-state index < -0.39 is 0 Å². The molecule has 0 spiro atoms. The topological polar surface area (TPSA) is 9.23 Å². The molecule has 0 aromatic heterocycles. The van der Waals surface area contributed by atoms with Crippen molar-refractivity contribution in [2.45, 2.75) is 20.3 Å². The van der Waals surface area contributed by atoms with E-state index in [2.05, 4.69) is 19.9 Å². The molecule has 0 atom stereocenters. The fourth-order valence-electron chi connectivity index (χ4n) is 1.14. The summed E-state index contributed by atoms with van der Waals surface area (Å²) in [5, 5.41) is 0.662. The van der Waals surface area contributed by atoms with Crippen LogP contribution in [0.3, 0.4) is 0 Å². The molecular weight excluding hydrogens is 208 g/mol. The number of benzene rings is 1. The minimum Gasteiger partial charge on any atom is -0.488 e. The molecule has 0 N–H and O–H groups in total. The van der Waals surface area contributed by atoms with Crippen molar-refractivity contribution in [2.75, 3.05) is 6.61 Å². The van der Waals surface area contributed by atoms with Crippen LogP contribution >= 0.6 is 11.6 Å². The van der Waals surface area contributed by atoms with Gasteiger partial charge in [0.25, 0.3) is 0 Å². The zero-order valence-corrected chi connectivity index (χ0v) is 10.00. The number of allylic oxidation sites excluding steroid dienone is 1. The molecule has 0 heterocycles. The molecule has 2 heteroatoms. The Morgan fingerprint density at radius 2 is 2.00 bits per heavy atom. The van der Waals surface area contributed by atoms with Crippen LogP contribution in [0.2, 0.25) is 5.02 Å². The lowest BCUT2D eigenvalue weighted by Gasteiger charge is -2.04. The van der Waals surface area contributed by atoms with E-state index in [1.807, 2.05) is 30.3 Å². The van der Waals surface area contributed by atoms with Gasteiger partial charge in [-0.3, -0.25) is 0 Å². The Bertz CT molecular complexity index is 318. The van der Waals surface area contributed by atoms with Crippen molar-refractivity contribution >= 4 is 11.6 Å². The molecule has 0 amide bonds. The largest absolute Gasteiger partial charge is 0.488 e. The van der Waals surface area contributed by atoms with Gasteiger partial charge in [0, 0.05) is 0 Å². The Hall–Kier alpha value is -0.950. The van der Waals surface area contributed by atoms with Gasteiger partial charge in [-0.15, -0.1) is 0 Å². The summed E-state index contributed by atoms with van der Waals surface area (Å²) in [6, 6.07) is 7.51. The molecule has 1 rings (SSSR count). The first-order valence-electron chi connectivity index (χ1n) is 5.22. The Morgan fingerprint density at radius 3 is 2.67 bits per heavy atom. The number of hydrogen-bond acceptors (Lipinski definition) is 1. The molecule has 0 saturated heterocycles. The maximum atomic E-state index is 5.94. The minimum atomic E-state index is 0.580. The van der Waals surface area contributed by atoms with Crippen molar-refractivity contribution in [1.82, 2.24) is 0 Å². The Balaban J connectivity index is 2.32. The summed E-state index contributed by atoms with van der Waals surface area (Å²) in [5.41, 5.74) is 0. The van der Waals surface area contributed by atoms with Crippen molar-refractivity contribution in [3.05, 3.63) is 41.4 Å². The van der Waals surface area contributed by atoms with E-state index in [0.29, 0.717) is 17.5 Å². The maximum Gasteiger partial charge on any atom is 0.138 e. The molecule has 0 bridgehead atoms. The highest BCUT2D eigenvalue weighted by atomic mass is 35.5. The molecule has 0 aliphatic carbocycles. The molecule has 0 fully saturated rings. The molecule has 0 aliphatic rings. The predicted molar refractivity (Wildman–Crippen MR) is 65.5 cm³/mol. The number of ether oxygens (including phenoxy) is 1. The van der Waals surface area contributed by atoms with Crippen molar-refractivity contribution in [3.63, 3.8) is 0 Å². The van der Waals surface area contributed by atoms with E-state index in [4.69, 9.17) is 16.3 Å². The summed E-state index contributed by atoms with van der Waals surface area (Å²) in [6.45, 7) is 4.97. The first-order chi connectivity index (χ1) is 7.20. The van der Waals surface area contributed by atoms with Crippen LogP contribution in [0.25, 0.3) is 0 Å². The zero-order chi connectivity index (χ0) is 11.1. The summed E-state index contributed by atoms with van der Waals surface area (Å²) in [6.07, 6.45) is 5.26. The van der Waals surface area contributed by atoms with Crippen LogP contribution < -0.4 is 4.74 Å². The van der Waals surface area contributed by atoms with Gasteiger partial charge >= 0.3 is 0 Å². The predicted octanol–water partition coefficient (Wildman–Crippen LogP) is 4.32. The molecule has 0 unspecified atom stereocenters. The Kier molecular flexibility index (Phi) is 5.27. The normalized spacial score (nSPS) is 11.2. The summed E-state index contributed by atoms with van der Waals surface area (Å²) >= 11 is 5.94. The third-order valence-corrected chi connectivity index (χ3v) is 2.26. The van der Waals surface area contributed by atoms with Gasteiger partial charge in [-0.25, -0.2) is 0 Å². The monoisotopic (exact) mass is 224 g/mol. The summed E-state index contributed by atoms with van der Waals surface area (Å²) in [7, 11) is 0. The summed E-state index contributed by atoms with van der Waals surface area (Å²) in [4.78, 5) is 0. The van der Waals surface area contributed by atoms with E-state index >= 15 is 0 Å². The molecule has 82 valence electrons. The highest BCUT2D eigenvalue weighted by Crippen LogP contribution is 2.22. The number of hydrogen-bond donors (Lipinski definition) is 0. The van der Waals surface area contributed by atoms with Crippen molar-refractivity contribution < 1.29 is 4.74 Å². The lowest BCUT2D eigenvalue weighted by molar-refractivity contribution is 0.362. The molecule has 15 heavy (non-hydrogen) atoms. The zero-order valence-electron chi connectivity index (χ0n) is 9.24.